The van der Waals surface area contributed by atoms with Crippen LogP contribution in [0.3, 0.4) is 0 Å². The van der Waals surface area contributed by atoms with Crippen molar-refractivity contribution in [3.63, 3.8) is 0 Å². The molecule has 10 nitrogen and oxygen atoms in total. The molecule has 1 aromatic carbocycles. The molecular formula is C29H29FN8O2. The third kappa shape index (κ3) is 4.50. The largest absolute Gasteiger partial charge is 0.378 e. The average molecular weight is 541 g/mol. The van der Waals surface area contributed by atoms with Crippen molar-refractivity contribution < 1.29 is 13.9 Å². The molecule has 40 heavy (non-hydrogen) atoms. The van der Waals surface area contributed by atoms with E-state index in [0.29, 0.717) is 72.7 Å². The van der Waals surface area contributed by atoms with Crippen molar-refractivity contribution >= 4 is 39.5 Å². The van der Waals surface area contributed by atoms with Crippen LogP contribution in [-0.4, -0.2) is 62.4 Å². The number of rotatable bonds is 5. The number of morpholine rings is 1. The highest BCUT2D eigenvalue weighted by atomic mass is 19.1. The molecule has 2 aliphatic heterocycles. The third-order valence-electron chi connectivity index (χ3n) is 7.51. The number of hydrogen-bond donors (Lipinski definition) is 1. The minimum atomic E-state index is -0.355. The van der Waals surface area contributed by atoms with Crippen molar-refractivity contribution in [3.8, 4) is 11.4 Å². The van der Waals surface area contributed by atoms with E-state index in [1.165, 1.54) is 12.1 Å². The van der Waals surface area contributed by atoms with E-state index in [2.05, 4.69) is 15.2 Å². The number of fused-ring (bicyclic) bond motifs is 2. The summed E-state index contributed by atoms with van der Waals surface area (Å²) in [5.41, 5.74) is 4.87. The predicted octanol–water partition coefficient (Wildman–Crippen LogP) is 5.16. The van der Waals surface area contributed by atoms with Gasteiger partial charge >= 0.3 is 0 Å². The fourth-order valence-corrected chi connectivity index (χ4v) is 5.42. The molecule has 7 rings (SSSR count). The molecule has 0 amide bonds. The molecule has 0 aliphatic carbocycles. The van der Waals surface area contributed by atoms with Crippen LogP contribution in [0.4, 0.5) is 21.8 Å². The summed E-state index contributed by atoms with van der Waals surface area (Å²) in [4.78, 5) is 26.1. The van der Waals surface area contributed by atoms with Crippen molar-refractivity contribution in [2.24, 2.45) is 0 Å². The Kier molecular flexibility index (Phi) is 6.45. The lowest BCUT2D eigenvalue weighted by Crippen LogP contribution is -2.37. The Morgan fingerprint density at radius 1 is 1.00 bits per heavy atom. The molecular weight excluding hydrogens is 511 g/mol. The minimum Gasteiger partial charge on any atom is -0.378 e. The number of aromatic nitrogens is 6. The number of ether oxygens (including phenoxy) is 2. The van der Waals surface area contributed by atoms with Crippen LogP contribution >= 0.6 is 0 Å². The summed E-state index contributed by atoms with van der Waals surface area (Å²) < 4.78 is 28.0. The highest BCUT2D eigenvalue weighted by Crippen LogP contribution is 2.37. The number of imidazole rings is 1. The predicted molar refractivity (Wildman–Crippen MR) is 150 cm³/mol. The molecule has 1 N–H and O–H groups in total. The molecule has 2 fully saturated rings. The first kappa shape index (κ1) is 24.8. The van der Waals surface area contributed by atoms with Crippen LogP contribution < -0.4 is 10.2 Å². The Labute approximate surface area is 230 Å². The van der Waals surface area contributed by atoms with E-state index < -0.39 is 0 Å². The summed E-state index contributed by atoms with van der Waals surface area (Å²) in [6.45, 7) is 5.31. The summed E-state index contributed by atoms with van der Waals surface area (Å²) in [7, 11) is 0. The van der Waals surface area contributed by atoms with Gasteiger partial charge in [0.05, 0.1) is 42.1 Å². The lowest BCUT2D eigenvalue weighted by molar-refractivity contribution is -0.0298. The van der Waals surface area contributed by atoms with Gasteiger partial charge in [-0.1, -0.05) is 6.07 Å². The second-order valence-corrected chi connectivity index (χ2v) is 10.1. The summed E-state index contributed by atoms with van der Waals surface area (Å²) >= 11 is 0. The molecule has 0 radical (unpaired) electrons. The maximum atomic E-state index is 14.3. The van der Waals surface area contributed by atoms with Gasteiger partial charge in [0.25, 0.3) is 0 Å². The first-order valence-corrected chi connectivity index (χ1v) is 13.6. The Hall–Kier alpha value is -4.22. The molecule has 6 heterocycles. The summed E-state index contributed by atoms with van der Waals surface area (Å²) in [5, 5.41) is 4.34. The Bertz CT molecular complexity index is 1680. The van der Waals surface area contributed by atoms with E-state index in [0.717, 1.165) is 35.9 Å². The monoisotopic (exact) mass is 540 g/mol. The zero-order chi connectivity index (χ0) is 27.1. The number of benzene rings is 1. The molecule has 5 aromatic rings. The number of pyridine rings is 2. The lowest BCUT2D eigenvalue weighted by Gasteiger charge is -2.28. The van der Waals surface area contributed by atoms with Gasteiger partial charge in [-0.2, -0.15) is 9.97 Å². The second-order valence-electron chi connectivity index (χ2n) is 10.1. The van der Waals surface area contributed by atoms with Gasteiger partial charge in [0.2, 0.25) is 5.95 Å². The molecule has 4 aromatic heterocycles. The molecule has 1 atom stereocenters. The van der Waals surface area contributed by atoms with Gasteiger partial charge in [0.15, 0.2) is 17.0 Å². The number of hydrogen-bond acceptors (Lipinski definition) is 9. The number of halogens is 1. The van der Waals surface area contributed by atoms with Crippen molar-refractivity contribution in [2.75, 3.05) is 43.1 Å². The standard InChI is InChI=1S/C29H29FN8O2/c1-18-24(20-9-8-19(30)16-22(20)33-25(18)21-6-2-4-10-31-21)34-27-26-28(36-29(35-27)37-11-14-39-15-12-37)38(17-32-26)23-7-3-5-13-40-23/h2,4,6,8-10,16-17,23H,3,5,7,11-15H2,1H3,(H,33,34,35,36). The maximum absolute atomic E-state index is 14.3. The highest BCUT2D eigenvalue weighted by Gasteiger charge is 2.25. The molecule has 2 aliphatic rings. The molecule has 2 saturated heterocycles. The van der Waals surface area contributed by atoms with E-state index >= 15 is 0 Å². The molecule has 1 unspecified atom stereocenters. The SMILES string of the molecule is Cc1c(-c2ccccn2)nc2cc(F)ccc2c1Nc1nc(N2CCOCC2)nc2c1ncn2C1CCCCO1. The molecule has 0 spiro atoms. The van der Waals surface area contributed by atoms with E-state index in [4.69, 9.17) is 29.4 Å². The normalized spacial score (nSPS) is 17.9. The van der Waals surface area contributed by atoms with Crippen LogP contribution in [0.2, 0.25) is 0 Å². The van der Waals surface area contributed by atoms with E-state index in [1.54, 1.807) is 18.6 Å². The van der Waals surface area contributed by atoms with Crippen LogP contribution in [0.5, 0.6) is 0 Å². The van der Waals surface area contributed by atoms with Gasteiger partial charge < -0.3 is 19.7 Å². The summed E-state index contributed by atoms with van der Waals surface area (Å²) in [6, 6.07) is 10.3. The maximum Gasteiger partial charge on any atom is 0.229 e. The summed E-state index contributed by atoms with van der Waals surface area (Å²) in [6.07, 6.45) is 6.43. The van der Waals surface area contributed by atoms with Crippen molar-refractivity contribution in [1.82, 2.24) is 29.5 Å². The van der Waals surface area contributed by atoms with Gasteiger partial charge in [0.1, 0.15) is 12.0 Å². The van der Waals surface area contributed by atoms with Crippen LogP contribution in [0, 0.1) is 12.7 Å². The van der Waals surface area contributed by atoms with Crippen LogP contribution in [0.15, 0.2) is 48.9 Å². The van der Waals surface area contributed by atoms with E-state index in [9.17, 15) is 4.39 Å². The van der Waals surface area contributed by atoms with Crippen LogP contribution in [0.1, 0.15) is 31.1 Å². The zero-order valence-corrected chi connectivity index (χ0v) is 22.2. The zero-order valence-electron chi connectivity index (χ0n) is 22.2. The smallest absolute Gasteiger partial charge is 0.229 e. The van der Waals surface area contributed by atoms with Crippen molar-refractivity contribution in [2.45, 2.75) is 32.4 Å². The first-order valence-electron chi connectivity index (χ1n) is 13.6. The highest BCUT2D eigenvalue weighted by molar-refractivity contribution is 5.99. The first-order chi connectivity index (χ1) is 19.7. The van der Waals surface area contributed by atoms with Gasteiger partial charge in [-0.3, -0.25) is 9.55 Å². The minimum absolute atomic E-state index is 0.124. The fourth-order valence-electron chi connectivity index (χ4n) is 5.42. The average Bonchev–Trinajstić information content (AvgIpc) is 3.44. The van der Waals surface area contributed by atoms with E-state index in [-0.39, 0.29) is 12.0 Å². The fraction of sp³-hybridized carbons (Fsp3) is 0.345. The van der Waals surface area contributed by atoms with Crippen LogP contribution in [-0.2, 0) is 9.47 Å². The Balaban J connectivity index is 1.41. The number of nitrogens with one attached hydrogen (secondary N) is 1. The Morgan fingerprint density at radius 3 is 2.70 bits per heavy atom. The molecule has 0 bridgehead atoms. The number of anilines is 3. The third-order valence-corrected chi connectivity index (χ3v) is 7.51. The van der Waals surface area contributed by atoms with Crippen molar-refractivity contribution in [3.05, 3.63) is 60.3 Å². The van der Waals surface area contributed by atoms with Gasteiger partial charge in [-0.25, -0.2) is 14.4 Å². The van der Waals surface area contributed by atoms with Gasteiger partial charge in [0, 0.05) is 42.9 Å². The van der Waals surface area contributed by atoms with E-state index in [1.807, 2.05) is 29.7 Å². The topological polar surface area (TPSA) is 103 Å². The van der Waals surface area contributed by atoms with Gasteiger partial charge in [-0.05, 0) is 50.5 Å². The van der Waals surface area contributed by atoms with Crippen LogP contribution in [0.25, 0.3) is 33.5 Å². The quantitative estimate of drug-likeness (QED) is 0.324. The van der Waals surface area contributed by atoms with Crippen molar-refractivity contribution in [1.29, 1.82) is 0 Å². The molecule has 11 heteroatoms. The molecule has 204 valence electrons. The molecule has 0 saturated carbocycles. The van der Waals surface area contributed by atoms with Gasteiger partial charge in [-0.15, -0.1) is 0 Å². The Morgan fingerprint density at radius 2 is 1.90 bits per heavy atom. The summed E-state index contributed by atoms with van der Waals surface area (Å²) in [5.74, 6) is 0.808. The number of nitrogens with zero attached hydrogens (tertiary/aromatic N) is 7. The lowest BCUT2D eigenvalue weighted by atomic mass is 10.0. The second kappa shape index (κ2) is 10.4.